The highest BCUT2D eigenvalue weighted by atomic mass is 19.1. The number of rotatable bonds is 6. The Hall–Kier alpha value is -3.29. The van der Waals surface area contributed by atoms with Crippen LogP contribution in [0.2, 0.25) is 0 Å². The number of aromatic nitrogens is 3. The molecule has 3 rings (SSSR count). The fourth-order valence-electron chi connectivity index (χ4n) is 2.16. The number of halogens is 2. The number of nitrogens with zero attached hydrogens (tertiary/aromatic N) is 3. The van der Waals surface area contributed by atoms with Gasteiger partial charge in [0.15, 0.2) is 5.82 Å². The van der Waals surface area contributed by atoms with Crippen molar-refractivity contribution in [2.45, 2.75) is 20.0 Å². The van der Waals surface area contributed by atoms with E-state index in [1.54, 1.807) is 0 Å². The first-order valence-electron chi connectivity index (χ1n) is 7.95. The molecule has 3 aromatic rings. The first kappa shape index (κ1) is 17.5. The summed E-state index contributed by atoms with van der Waals surface area (Å²) in [5.41, 5.74) is 0.834. The molecule has 0 unspecified atom stereocenters. The van der Waals surface area contributed by atoms with Gasteiger partial charge in [-0.25, -0.2) is 8.78 Å². The molecule has 0 amide bonds. The summed E-state index contributed by atoms with van der Waals surface area (Å²) < 4.78 is 32.3. The monoisotopic (exact) mass is 357 g/mol. The molecule has 6 nitrogen and oxygen atoms in total. The van der Waals surface area contributed by atoms with E-state index in [-0.39, 0.29) is 17.7 Å². The van der Waals surface area contributed by atoms with E-state index < -0.39 is 11.6 Å². The zero-order valence-corrected chi connectivity index (χ0v) is 14.2. The van der Waals surface area contributed by atoms with Gasteiger partial charge < -0.3 is 15.4 Å². The lowest BCUT2D eigenvalue weighted by atomic mass is 10.3. The summed E-state index contributed by atoms with van der Waals surface area (Å²) in [6, 6.07) is 10.5. The normalized spacial score (nSPS) is 10.7. The highest BCUT2D eigenvalue weighted by molar-refractivity contribution is 5.59. The number of nitrogens with one attached hydrogen (secondary N) is 2. The molecule has 0 saturated carbocycles. The summed E-state index contributed by atoms with van der Waals surface area (Å²) in [6.07, 6.45) is 1.53. The molecule has 134 valence electrons. The number of hydrogen-bond donors (Lipinski definition) is 2. The molecule has 1 heterocycles. The highest BCUT2D eigenvalue weighted by Gasteiger charge is 2.07. The van der Waals surface area contributed by atoms with Crippen LogP contribution in [0, 0.1) is 11.6 Å². The van der Waals surface area contributed by atoms with Gasteiger partial charge in [-0.3, -0.25) is 0 Å². The lowest BCUT2D eigenvalue weighted by Crippen LogP contribution is -2.05. The Morgan fingerprint density at radius 3 is 2.46 bits per heavy atom. The number of ether oxygens (including phenoxy) is 1. The molecule has 0 aliphatic carbocycles. The SMILES string of the molecule is CC(C)Oc1ccc(Nc2cnnc(Nc3ccc(F)cc3F)n2)cc1. The third kappa shape index (κ3) is 4.62. The smallest absolute Gasteiger partial charge is 0.249 e. The fraction of sp³-hybridized carbons (Fsp3) is 0.167. The van der Waals surface area contributed by atoms with Crippen LogP contribution in [0.5, 0.6) is 5.75 Å². The number of anilines is 4. The van der Waals surface area contributed by atoms with Crippen molar-refractivity contribution in [3.63, 3.8) is 0 Å². The molecule has 8 heteroatoms. The van der Waals surface area contributed by atoms with E-state index in [0.717, 1.165) is 23.6 Å². The van der Waals surface area contributed by atoms with Crippen LogP contribution in [0.15, 0.2) is 48.7 Å². The van der Waals surface area contributed by atoms with E-state index in [9.17, 15) is 8.78 Å². The van der Waals surface area contributed by atoms with Crippen molar-refractivity contribution in [2.24, 2.45) is 0 Å². The average molecular weight is 357 g/mol. The maximum Gasteiger partial charge on any atom is 0.249 e. The third-order valence-electron chi connectivity index (χ3n) is 3.23. The standard InChI is InChI=1S/C18H17F2N5O/c1-11(2)26-14-6-4-13(5-7-14)22-17-10-21-25-18(24-17)23-16-8-3-12(19)9-15(16)20/h3-11H,1-2H3,(H2,22,23,24,25). The van der Waals surface area contributed by atoms with Gasteiger partial charge in [-0.15, -0.1) is 5.10 Å². The number of hydrogen-bond acceptors (Lipinski definition) is 6. The van der Waals surface area contributed by atoms with E-state index in [1.807, 2.05) is 38.1 Å². The molecule has 0 aliphatic heterocycles. The summed E-state index contributed by atoms with van der Waals surface area (Å²) in [5, 5.41) is 13.4. The zero-order valence-electron chi connectivity index (χ0n) is 14.2. The minimum Gasteiger partial charge on any atom is -0.491 e. The summed E-state index contributed by atoms with van der Waals surface area (Å²) in [7, 11) is 0. The molecule has 1 aromatic heterocycles. The van der Waals surface area contributed by atoms with Crippen molar-refractivity contribution in [2.75, 3.05) is 10.6 Å². The fourth-order valence-corrected chi connectivity index (χ4v) is 2.16. The van der Waals surface area contributed by atoms with Crippen LogP contribution in [-0.2, 0) is 0 Å². The molecule has 2 N–H and O–H groups in total. The van der Waals surface area contributed by atoms with Gasteiger partial charge in [0, 0.05) is 11.8 Å². The van der Waals surface area contributed by atoms with Gasteiger partial charge in [0.05, 0.1) is 18.0 Å². The molecule has 26 heavy (non-hydrogen) atoms. The first-order chi connectivity index (χ1) is 12.5. The average Bonchev–Trinajstić information content (AvgIpc) is 2.59. The predicted molar refractivity (Wildman–Crippen MR) is 95.0 cm³/mol. The Labute approximate surface area is 149 Å². The minimum absolute atomic E-state index is 0.0561. The highest BCUT2D eigenvalue weighted by Crippen LogP contribution is 2.21. The van der Waals surface area contributed by atoms with Gasteiger partial charge in [0.2, 0.25) is 5.95 Å². The summed E-state index contributed by atoms with van der Waals surface area (Å²) in [6.45, 7) is 3.91. The van der Waals surface area contributed by atoms with Crippen molar-refractivity contribution in [3.8, 4) is 5.75 Å². The van der Waals surface area contributed by atoms with E-state index in [0.29, 0.717) is 5.82 Å². The lowest BCUT2D eigenvalue weighted by molar-refractivity contribution is 0.242. The van der Waals surface area contributed by atoms with Crippen LogP contribution in [0.3, 0.4) is 0 Å². The van der Waals surface area contributed by atoms with Crippen molar-refractivity contribution in [3.05, 3.63) is 60.3 Å². The maximum atomic E-state index is 13.7. The quantitative estimate of drug-likeness (QED) is 0.680. The van der Waals surface area contributed by atoms with Gasteiger partial charge in [-0.1, -0.05) is 0 Å². The Kier molecular flexibility index (Phi) is 5.21. The molecule has 0 aliphatic rings. The Balaban J connectivity index is 1.71. The maximum absolute atomic E-state index is 13.7. The lowest BCUT2D eigenvalue weighted by Gasteiger charge is -2.11. The van der Waals surface area contributed by atoms with Crippen molar-refractivity contribution in [1.29, 1.82) is 0 Å². The van der Waals surface area contributed by atoms with E-state index >= 15 is 0 Å². The van der Waals surface area contributed by atoms with Gasteiger partial charge in [0.1, 0.15) is 17.4 Å². The van der Waals surface area contributed by atoms with Gasteiger partial charge in [-0.05, 0) is 50.2 Å². The van der Waals surface area contributed by atoms with Crippen molar-refractivity contribution >= 4 is 23.1 Å². The molecule has 0 fully saturated rings. The van der Waals surface area contributed by atoms with E-state index in [2.05, 4.69) is 25.8 Å². The van der Waals surface area contributed by atoms with Crippen LogP contribution >= 0.6 is 0 Å². The van der Waals surface area contributed by atoms with Crippen molar-refractivity contribution in [1.82, 2.24) is 15.2 Å². The summed E-state index contributed by atoms with van der Waals surface area (Å²) in [4.78, 5) is 4.21. The Bertz CT molecular complexity index is 887. The van der Waals surface area contributed by atoms with Gasteiger partial charge >= 0.3 is 0 Å². The summed E-state index contributed by atoms with van der Waals surface area (Å²) in [5.74, 6) is -0.136. The second-order valence-electron chi connectivity index (χ2n) is 5.73. The molecule has 2 aromatic carbocycles. The third-order valence-corrected chi connectivity index (χ3v) is 3.23. The molecule has 0 atom stereocenters. The van der Waals surface area contributed by atoms with Crippen LogP contribution in [0.25, 0.3) is 0 Å². The molecule has 0 spiro atoms. The van der Waals surface area contributed by atoms with Crippen LogP contribution in [-0.4, -0.2) is 21.3 Å². The molecular weight excluding hydrogens is 340 g/mol. The largest absolute Gasteiger partial charge is 0.491 e. The second-order valence-corrected chi connectivity index (χ2v) is 5.73. The van der Waals surface area contributed by atoms with Gasteiger partial charge in [-0.2, -0.15) is 10.1 Å². The minimum atomic E-state index is -0.743. The van der Waals surface area contributed by atoms with Crippen LogP contribution in [0.4, 0.5) is 31.9 Å². The zero-order chi connectivity index (χ0) is 18.5. The summed E-state index contributed by atoms with van der Waals surface area (Å²) >= 11 is 0. The van der Waals surface area contributed by atoms with Crippen molar-refractivity contribution < 1.29 is 13.5 Å². The molecular formula is C18H17F2N5O. The topological polar surface area (TPSA) is 72.0 Å². The molecule has 0 saturated heterocycles. The second kappa shape index (κ2) is 7.73. The van der Waals surface area contributed by atoms with Crippen LogP contribution in [0.1, 0.15) is 13.8 Å². The molecule has 0 bridgehead atoms. The predicted octanol–water partition coefficient (Wildman–Crippen LogP) is 4.42. The van der Waals surface area contributed by atoms with E-state index in [4.69, 9.17) is 4.74 Å². The van der Waals surface area contributed by atoms with E-state index in [1.165, 1.54) is 12.3 Å². The number of benzene rings is 2. The first-order valence-corrected chi connectivity index (χ1v) is 7.95. The molecule has 0 radical (unpaired) electrons. The Morgan fingerprint density at radius 1 is 1.00 bits per heavy atom. The van der Waals surface area contributed by atoms with Crippen LogP contribution < -0.4 is 15.4 Å². The van der Waals surface area contributed by atoms with Gasteiger partial charge in [0.25, 0.3) is 0 Å². The Morgan fingerprint density at radius 2 is 1.77 bits per heavy atom.